The van der Waals surface area contributed by atoms with Crippen LogP contribution in [-0.2, 0) is 0 Å². The molecule has 1 N–H and O–H groups in total. The summed E-state index contributed by atoms with van der Waals surface area (Å²) in [6.45, 7) is 2.28. The fourth-order valence-corrected chi connectivity index (χ4v) is 1.90. The molecule has 2 aromatic heterocycles. The fraction of sp³-hybridized carbons (Fsp3) is 0.214. The third-order valence-corrected chi connectivity index (χ3v) is 2.81. The number of fused-ring (bicyclic) bond motifs is 1. The molecule has 0 radical (unpaired) electrons. The van der Waals surface area contributed by atoms with Crippen molar-refractivity contribution in [3.8, 4) is 17.6 Å². The molecule has 108 valence electrons. The molecule has 21 heavy (non-hydrogen) atoms. The molecule has 0 spiro atoms. The van der Waals surface area contributed by atoms with Crippen molar-refractivity contribution in [2.45, 2.75) is 6.92 Å². The molecule has 0 saturated heterocycles. The van der Waals surface area contributed by atoms with Gasteiger partial charge >= 0.3 is 6.01 Å². The van der Waals surface area contributed by atoms with Crippen molar-refractivity contribution in [2.24, 2.45) is 0 Å². The molecule has 6 nitrogen and oxygen atoms in total. The van der Waals surface area contributed by atoms with Gasteiger partial charge in [-0.2, -0.15) is 15.0 Å². The zero-order valence-corrected chi connectivity index (χ0v) is 11.6. The summed E-state index contributed by atoms with van der Waals surface area (Å²) in [7, 11) is 1.70. The second-order valence-electron chi connectivity index (χ2n) is 4.24. The van der Waals surface area contributed by atoms with Crippen molar-refractivity contribution in [3.05, 3.63) is 30.1 Å². The predicted octanol–water partition coefficient (Wildman–Crippen LogP) is 2.86. The van der Waals surface area contributed by atoms with Gasteiger partial charge < -0.3 is 14.5 Å². The van der Waals surface area contributed by atoms with E-state index in [2.05, 4.69) is 20.3 Å². The van der Waals surface area contributed by atoms with Gasteiger partial charge in [-0.05, 0) is 31.2 Å². The molecule has 0 aliphatic carbocycles. The molecule has 0 bridgehead atoms. The van der Waals surface area contributed by atoms with Gasteiger partial charge in [0.1, 0.15) is 11.4 Å². The van der Waals surface area contributed by atoms with Crippen molar-refractivity contribution in [1.82, 2.24) is 15.0 Å². The highest BCUT2D eigenvalue weighted by atomic mass is 19.1. The molecular formula is C14H13FN4O2. The van der Waals surface area contributed by atoms with Gasteiger partial charge in [0.25, 0.3) is 0 Å². The quantitative estimate of drug-likeness (QED) is 0.795. The summed E-state index contributed by atoms with van der Waals surface area (Å²) in [5.41, 5.74) is 0.566. The lowest BCUT2D eigenvalue weighted by molar-refractivity contribution is 0.312. The van der Waals surface area contributed by atoms with Crippen LogP contribution in [0.4, 0.5) is 10.3 Å². The van der Waals surface area contributed by atoms with E-state index in [9.17, 15) is 4.39 Å². The lowest BCUT2D eigenvalue weighted by Gasteiger charge is -2.04. The molecule has 1 aromatic carbocycles. The standard InChI is InChI=1S/C14H13FN4O2/c1-3-20-14-18-12(17-13(16-2)19-14)11-7-8-6-9(15)4-5-10(8)21-11/h4-7H,3H2,1-2H3,(H,16,17,18,19). The van der Waals surface area contributed by atoms with E-state index in [1.165, 1.54) is 12.1 Å². The van der Waals surface area contributed by atoms with Gasteiger partial charge in [0.2, 0.25) is 11.8 Å². The third-order valence-electron chi connectivity index (χ3n) is 2.81. The Kier molecular flexibility index (Phi) is 3.39. The second-order valence-corrected chi connectivity index (χ2v) is 4.24. The van der Waals surface area contributed by atoms with Crippen molar-refractivity contribution in [3.63, 3.8) is 0 Å². The van der Waals surface area contributed by atoms with Crippen LogP contribution in [0.2, 0.25) is 0 Å². The molecule has 0 saturated carbocycles. The van der Waals surface area contributed by atoms with Crippen LogP contribution in [0.5, 0.6) is 6.01 Å². The SMILES string of the molecule is CCOc1nc(NC)nc(-c2cc3cc(F)ccc3o2)n1. The normalized spacial score (nSPS) is 10.8. The first kappa shape index (κ1) is 13.3. The van der Waals surface area contributed by atoms with E-state index in [1.54, 1.807) is 19.2 Å². The highest BCUT2D eigenvalue weighted by molar-refractivity contribution is 5.81. The number of hydrogen-bond acceptors (Lipinski definition) is 6. The van der Waals surface area contributed by atoms with Gasteiger partial charge in [0.05, 0.1) is 6.61 Å². The summed E-state index contributed by atoms with van der Waals surface area (Å²) >= 11 is 0. The number of rotatable bonds is 4. The van der Waals surface area contributed by atoms with Gasteiger partial charge in [0, 0.05) is 12.4 Å². The van der Waals surface area contributed by atoms with Gasteiger partial charge in [-0.3, -0.25) is 0 Å². The molecular weight excluding hydrogens is 275 g/mol. The van der Waals surface area contributed by atoms with Crippen LogP contribution in [-0.4, -0.2) is 28.6 Å². The smallest absolute Gasteiger partial charge is 0.321 e. The monoisotopic (exact) mass is 288 g/mol. The summed E-state index contributed by atoms with van der Waals surface area (Å²) in [6, 6.07) is 6.19. The highest BCUT2D eigenvalue weighted by Gasteiger charge is 2.13. The van der Waals surface area contributed by atoms with E-state index in [-0.39, 0.29) is 11.8 Å². The predicted molar refractivity (Wildman–Crippen MR) is 75.7 cm³/mol. The van der Waals surface area contributed by atoms with Crippen LogP contribution in [0.25, 0.3) is 22.6 Å². The van der Waals surface area contributed by atoms with Crippen molar-refractivity contribution < 1.29 is 13.5 Å². The van der Waals surface area contributed by atoms with Crippen molar-refractivity contribution in [1.29, 1.82) is 0 Å². The van der Waals surface area contributed by atoms with Crippen LogP contribution >= 0.6 is 0 Å². The lowest BCUT2D eigenvalue weighted by Crippen LogP contribution is -2.04. The maximum atomic E-state index is 13.2. The summed E-state index contributed by atoms with van der Waals surface area (Å²) < 4.78 is 24.2. The van der Waals surface area contributed by atoms with Crippen LogP contribution in [0.1, 0.15) is 6.92 Å². The number of furan rings is 1. The Morgan fingerprint density at radius 3 is 2.86 bits per heavy atom. The summed E-state index contributed by atoms with van der Waals surface area (Å²) in [6.07, 6.45) is 0. The molecule has 0 atom stereocenters. The van der Waals surface area contributed by atoms with Crippen molar-refractivity contribution >= 4 is 16.9 Å². The number of benzene rings is 1. The van der Waals surface area contributed by atoms with Crippen LogP contribution in [0, 0.1) is 5.82 Å². The number of nitrogens with zero attached hydrogens (tertiary/aromatic N) is 3. The molecule has 2 heterocycles. The summed E-state index contributed by atoms with van der Waals surface area (Å²) in [5.74, 6) is 0.802. The van der Waals surface area contributed by atoms with E-state index < -0.39 is 0 Å². The van der Waals surface area contributed by atoms with E-state index in [4.69, 9.17) is 9.15 Å². The topological polar surface area (TPSA) is 73.1 Å². The number of hydrogen-bond donors (Lipinski definition) is 1. The minimum Gasteiger partial charge on any atom is -0.464 e. The maximum absolute atomic E-state index is 13.2. The van der Waals surface area contributed by atoms with Crippen molar-refractivity contribution in [2.75, 3.05) is 19.0 Å². The summed E-state index contributed by atoms with van der Waals surface area (Å²) in [5, 5.41) is 3.48. The number of ether oxygens (including phenoxy) is 1. The first-order valence-electron chi connectivity index (χ1n) is 6.45. The molecule has 0 aliphatic rings. The largest absolute Gasteiger partial charge is 0.464 e. The zero-order valence-electron chi connectivity index (χ0n) is 11.6. The first-order valence-corrected chi connectivity index (χ1v) is 6.45. The van der Waals surface area contributed by atoms with Crippen LogP contribution < -0.4 is 10.1 Å². The molecule has 0 unspecified atom stereocenters. The number of aromatic nitrogens is 3. The Balaban J connectivity index is 2.10. The minimum atomic E-state index is -0.323. The average molecular weight is 288 g/mol. The van der Waals surface area contributed by atoms with Crippen LogP contribution in [0.15, 0.2) is 28.7 Å². The molecule has 0 amide bonds. The Bertz CT molecular complexity index is 788. The fourth-order valence-electron chi connectivity index (χ4n) is 1.90. The Morgan fingerprint density at radius 1 is 1.24 bits per heavy atom. The zero-order chi connectivity index (χ0) is 14.8. The molecule has 3 aromatic rings. The highest BCUT2D eigenvalue weighted by Crippen LogP contribution is 2.27. The summed E-state index contributed by atoms with van der Waals surface area (Å²) in [4.78, 5) is 12.5. The molecule has 3 rings (SSSR count). The second kappa shape index (κ2) is 5.35. The number of halogens is 1. The first-order chi connectivity index (χ1) is 10.2. The Hall–Kier alpha value is -2.70. The average Bonchev–Trinajstić information content (AvgIpc) is 2.90. The number of nitrogens with one attached hydrogen (secondary N) is 1. The van der Waals surface area contributed by atoms with Gasteiger partial charge in [-0.1, -0.05) is 0 Å². The Labute approximate surface area is 120 Å². The third kappa shape index (κ3) is 2.62. The van der Waals surface area contributed by atoms with E-state index in [0.29, 0.717) is 35.1 Å². The molecule has 7 heteroatoms. The van der Waals surface area contributed by atoms with E-state index >= 15 is 0 Å². The Morgan fingerprint density at radius 2 is 2.10 bits per heavy atom. The van der Waals surface area contributed by atoms with Gasteiger partial charge in [-0.15, -0.1) is 0 Å². The minimum absolute atomic E-state index is 0.207. The van der Waals surface area contributed by atoms with Gasteiger partial charge in [0.15, 0.2) is 5.76 Å². The van der Waals surface area contributed by atoms with E-state index in [0.717, 1.165) is 0 Å². The lowest BCUT2D eigenvalue weighted by atomic mass is 10.2. The molecule has 0 fully saturated rings. The van der Waals surface area contributed by atoms with Crippen LogP contribution in [0.3, 0.4) is 0 Å². The number of anilines is 1. The maximum Gasteiger partial charge on any atom is 0.321 e. The van der Waals surface area contributed by atoms with Gasteiger partial charge in [-0.25, -0.2) is 4.39 Å². The van der Waals surface area contributed by atoms with E-state index in [1.807, 2.05) is 6.92 Å². The molecule has 0 aliphatic heterocycles.